The van der Waals surface area contributed by atoms with Crippen molar-refractivity contribution in [2.45, 2.75) is 26.2 Å². The van der Waals surface area contributed by atoms with Gasteiger partial charge in [-0.1, -0.05) is 25.6 Å². The van der Waals surface area contributed by atoms with Gasteiger partial charge in [-0.2, -0.15) is 0 Å². The van der Waals surface area contributed by atoms with Gasteiger partial charge in [-0.05, 0) is 25.0 Å². The fourth-order valence-electron chi connectivity index (χ4n) is 1.67. The van der Waals surface area contributed by atoms with E-state index in [9.17, 15) is 5.11 Å². The molecule has 2 heterocycles. The minimum Gasteiger partial charge on any atom is -0.504 e. The molecule has 4 heteroatoms. The number of aromatic nitrogens is 2. The molecule has 2 rings (SSSR count). The first kappa shape index (κ1) is 11.1. The van der Waals surface area contributed by atoms with Crippen molar-refractivity contribution in [3.8, 4) is 5.75 Å². The number of fused-ring (bicyclic) bond motifs is 1. The Morgan fingerprint density at radius 3 is 3.06 bits per heavy atom. The highest BCUT2D eigenvalue weighted by Gasteiger charge is 2.04. The van der Waals surface area contributed by atoms with Crippen molar-refractivity contribution in [2.75, 3.05) is 0 Å². The van der Waals surface area contributed by atoms with Crippen LogP contribution < -0.4 is 0 Å². The Hall–Kier alpha value is -1.42. The Morgan fingerprint density at radius 1 is 1.50 bits per heavy atom. The average molecular weight is 234 g/mol. The lowest BCUT2D eigenvalue weighted by molar-refractivity contribution is 0.477. The Labute approximate surface area is 99.4 Å². The zero-order valence-electron chi connectivity index (χ0n) is 9.18. The number of aryl methyl sites for hydroxylation is 1. The number of hydrogen-bond acceptors (Lipinski definition) is 3. The van der Waals surface area contributed by atoms with Crippen molar-refractivity contribution >= 4 is 17.9 Å². The molecule has 0 aliphatic carbocycles. The van der Waals surface area contributed by atoms with E-state index >= 15 is 0 Å². The van der Waals surface area contributed by atoms with Crippen LogP contribution in [0.4, 0.5) is 0 Å². The largest absolute Gasteiger partial charge is 0.504 e. The molecule has 0 atom stereocenters. The summed E-state index contributed by atoms with van der Waals surface area (Å²) in [4.78, 5) is 4.24. The second kappa shape index (κ2) is 4.61. The standard InChI is InChI=1S/C12H14N2OS/c1-2-3-5-9-8-13-11-10(15)6-4-7-14(11)12(9)16/h4,6-8,15H,2-3,5H2,1H3. The van der Waals surface area contributed by atoms with Crippen LogP contribution in [-0.2, 0) is 6.42 Å². The smallest absolute Gasteiger partial charge is 0.180 e. The third-order valence-corrected chi connectivity index (χ3v) is 3.04. The predicted octanol–water partition coefficient (Wildman–Crippen LogP) is 3.11. The zero-order valence-corrected chi connectivity index (χ0v) is 10.00. The second-order valence-electron chi connectivity index (χ2n) is 3.78. The molecule has 0 radical (unpaired) electrons. The Morgan fingerprint density at radius 2 is 2.31 bits per heavy atom. The molecule has 0 unspecified atom stereocenters. The van der Waals surface area contributed by atoms with E-state index in [0.29, 0.717) is 5.65 Å². The van der Waals surface area contributed by atoms with Crippen LogP contribution in [0.1, 0.15) is 25.3 Å². The first-order valence-corrected chi connectivity index (χ1v) is 5.83. The average Bonchev–Trinajstić information content (AvgIpc) is 2.29. The molecule has 2 aromatic rings. The van der Waals surface area contributed by atoms with E-state index < -0.39 is 0 Å². The number of nitrogens with zero attached hydrogens (tertiary/aromatic N) is 2. The number of aromatic hydroxyl groups is 1. The van der Waals surface area contributed by atoms with Gasteiger partial charge in [0.15, 0.2) is 11.4 Å². The van der Waals surface area contributed by atoms with Gasteiger partial charge in [0.05, 0.1) is 0 Å². The first-order chi connectivity index (χ1) is 7.74. The molecule has 0 saturated carbocycles. The molecule has 0 aliphatic rings. The van der Waals surface area contributed by atoms with Gasteiger partial charge >= 0.3 is 0 Å². The zero-order chi connectivity index (χ0) is 11.5. The van der Waals surface area contributed by atoms with E-state index in [1.807, 2.05) is 6.20 Å². The minimum absolute atomic E-state index is 0.163. The topological polar surface area (TPSA) is 37.5 Å². The normalized spacial score (nSPS) is 10.8. The maximum atomic E-state index is 9.63. The Kier molecular flexibility index (Phi) is 3.19. The number of pyridine rings is 1. The van der Waals surface area contributed by atoms with Crippen molar-refractivity contribution in [2.24, 2.45) is 0 Å². The van der Waals surface area contributed by atoms with Crippen LogP contribution in [0, 0.1) is 4.64 Å². The van der Waals surface area contributed by atoms with Crippen LogP contribution in [0.5, 0.6) is 5.75 Å². The lowest BCUT2D eigenvalue weighted by atomic mass is 10.1. The van der Waals surface area contributed by atoms with Crippen molar-refractivity contribution in [1.82, 2.24) is 9.38 Å². The van der Waals surface area contributed by atoms with Crippen molar-refractivity contribution in [3.05, 3.63) is 34.7 Å². The molecule has 0 aliphatic heterocycles. The van der Waals surface area contributed by atoms with Crippen LogP contribution in [-0.4, -0.2) is 14.5 Å². The quantitative estimate of drug-likeness (QED) is 0.829. The molecule has 0 saturated heterocycles. The lowest BCUT2D eigenvalue weighted by Gasteiger charge is -2.06. The number of unbranched alkanes of at least 4 members (excludes halogenated alkanes) is 1. The molecule has 0 bridgehead atoms. The first-order valence-electron chi connectivity index (χ1n) is 5.42. The van der Waals surface area contributed by atoms with E-state index in [1.165, 1.54) is 0 Å². The molecule has 0 aromatic carbocycles. The molecule has 0 spiro atoms. The molecule has 84 valence electrons. The highest BCUT2D eigenvalue weighted by molar-refractivity contribution is 7.71. The summed E-state index contributed by atoms with van der Waals surface area (Å²) < 4.78 is 2.50. The van der Waals surface area contributed by atoms with Gasteiger partial charge in [-0.25, -0.2) is 4.98 Å². The minimum atomic E-state index is 0.163. The van der Waals surface area contributed by atoms with E-state index in [1.54, 1.807) is 22.7 Å². The van der Waals surface area contributed by atoms with Gasteiger partial charge in [0.2, 0.25) is 0 Å². The molecular formula is C12H14N2OS. The molecule has 16 heavy (non-hydrogen) atoms. The summed E-state index contributed by atoms with van der Waals surface area (Å²) in [5.41, 5.74) is 1.59. The van der Waals surface area contributed by atoms with Crippen LogP contribution in [0.2, 0.25) is 0 Å². The molecule has 1 N–H and O–H groups in total. The summed E-state index contributed by atoms with van der Waals surface area (Å²) in [6.45, 7) is 2.15. The van der Waals surface area contributed by atoms with Crippen molar-refractivity contribution < 1.29 is 5.11 Å². The van der Waals surface area contributed by atoms with Gasteiger partial charge in [0.25, 0.3) is 0 Å². The van der Waals surface area contributed by atoms with Gasteiger partial charge in [0, 0.05) is 18.0 Å². The van der Waals surface area contributed by atoms with E-state index in [-0.39, 0.29) is 5.75 Å². The second-order valence-corrected chi connectivity index (χ2v) is 4.17. The lowest BCUT2D eigenvalue weighted by Crippen LogP contribution is -1.98. The summed E-state index contributed by atoms with van der Waals surface area (Å²) in [6, 6.07) is 3.38. The number of rotatable bonds is 3. The Bertz CT molecular complexity index is 562. The van der Waals surface area contributed by atoms with Crippen LogP contribution in [0.15, 0.2) is 24.5 Å². The van der Waals surface area contributed by atoms with Crippen molar-refractivity contribution in [1.29, 1.82) is 0 Å². The fourth-order valence-corrected chi connectivity index (χ4v) is 1.97. The molecule has 2 aromatic heterocycles. The van der Waals surface area contributed by atoms with Gasteiger partial charge < -0.3 is 5.11 Å². The Balaban J connectivity index is 2.57. The van der Waals surface area contributed by atoms with Gasteiger partial charge in [0.1, 0.15) is 4.64 Å². The van der Waals surface area contributed by atoms with Crippen molar-refractivity contribution in [3.63, 3.8) is 0 Å². The monoisotopic (exact) mass is 234 g/mol. The van der Waals surface area contributed by atoms with Gasteiger partial charge in [-0.15, -0.1) is 0 Å². The van der Waals surface area contributed by atoms with E-state index in [2.05, 4.69) is 11.9 Å². The molecular weight excluding hydrogens is 220 g/mol. The summed E-state index contributed by atoms with van der Waals surface area (Å²) in [6.07, 6.45) is 6.79. The van der Waals surface area contributed by atoms with E-state index in [0.717, 1.165) is 29.5 Å². The number of hydrogen-bond donors (Lipinski definition) is 1. The van der Waals surface area contributed by atoms with E-state index in [4.69, 9.17) is 12.2 Å². The van der Waals surface area contributed by atoms with Crippen LogP contribution in [0.3, 0.4) is 0 Å². The third-order valence-electron chi connectivity index (χ3n) is 2.58. The van der Waals surface area contributed by atoms with Crippen LogP contribution in [0.25, 0.3) is 5.65 Å². The third kappa shape index (κ3) is 1.93. The SMILES string of the molecule is CCCCc1cnc2c(O)cccn2c1=S. The maximum Gasteiger partial charge on any atom is 0.180 e. The van der Waals surface area contributed by atoms with Crippen LogP contribution >= 0.6 is 12.2 Å². The molecule has 3 nitrogen and oxygen atoms in total. The summed E-state index contributed by atoms with van der Waals surface area (Å²) in [5, 5.41) is 9.63. The summed E-state index contributed by atoms with van der Waals surface area (Å²) in [7, 11) is 0. The molecule has 0 fully saturated rings. The highest BCUT2D eigenvalue weighted by Crippen LogP contribution is 2.17. The maximum absolute atomic E-state index is 9.63. The predicted molar refractivity (Wildman–Crippen MR) is 66.3 cm³/mol. The molecule has 0 amide bonds. The van der Waals surface area contributed by atoms with Gasteiger partial charge in [-0.3, -0.25) is 4.40 Å². The summed E-state index contributed by atoms with van der Waals surface area (Å²) >= 11 is 5.38. The summed E-state index contributed by atoms with van der Waals surface area (Å²) in [5.74, 6) is 0.163. The fraction of sp³-hybridized carbons (Fsp3) is 0.333. The highest BCUT2D eigenvalue weighted by atomic mass is 32.1.